The van der Waals surface area contributed by atoms with Crippen molar-refractivity contribution < 1.29 is 4.79 Å². The highest BCUT2D eigenvalue weighted by atomic mass is 32.1. The Balaban J connectivity index is 1.31. The fraction of sp³-hybridized carbons (Fsp3) is 0.500. The maximum absolute atomic E-state index is 12.6. The minimum absolute atomic E-state index is 0.144. The van der Waals surface area contributed by atoms with E-state index in [9.17, 15) is 4.79 Å². The summed E-state index contributed by atoms with van der Waals surface area (Å²) in [5.41, 5.74) is 0.801. The van der Waals surface area contributed by atoms with Crippen molar-refractivity contribution in [3.05, 3.63) is 46.7 Å². The van der Waals surface area contributed by atoms with Crippen LogP contribution in [0.4, 0.5) is 0 Å². The molecule has 5 rings (SSSR count). The third-order valence-corrected chi connectivity index (χ3v) is 6.07. The van der Waals surface area contributed by atoms with Crippen molar-refractivity contribution in [2.75, 3.05) is 13.1 Å². The zero-order valence-electron chi connectivity index (χ0n) is 14.9. The van der Waals surface area contributed by atoms with Crippen molar-refractivity contribution >= 4 is 17.2 Å². The van der Waals surface area contributed by atoms with Gasteiger partial charge in [0.1, 0.15) is 25.0 Å². The Morgan fingerprint density at radius 3 is 2.70 bits per heavy atom. The van der Waals surface area contributed by atoms with Gasteiger partial charge in [-0.05, 0) is 37.1 Å². The van der Waals surface area contributed by atoms with Crippen LogP contribution in [0.1, 0.15) is 59.6 Å². The van der Waals surface area contributed by atoms with E-state index >= 15 is 0 Å². The molecule has 8 nitrogen and oxygen atoms in total. The quantitative estimate of drug-likeness (QED) is 0.675. The van der Waals surface area contributed by atoms with Gasteiger partial charge in [-0.25, -0.2) is 9.67 Å². The lowest BCUT2D eigenvalue weighted by Gasteiger charge is -2.31. The van der Waals surface area contributed by atoms with Gasteiger partial charge in [-0.1, -0.05) is 0 Å². The van der Waals surface area contributed by atoms with E-state index in [1.54, 1.807) is 28.7 Å². The Hall–Kier alpha value is -2.55. The molecule has 1 saturated heterocycles. The zero-order chi connectivity index (χ0) is 18.2. The van der Waals surface area contributed by atoms with Crippen molar-refractivity contribution in [3.63, 3.8) is 0 Å². The molecular weight excluding hydrogens is 362 g/mol. The summed E-state index contributed by atoms with van der Waals surface area (Å²) in [7, 11) is 0. The summed E-state index contributed by atoms with van der Waals surface area (Å²) in [4.78, 5) is 18.5. The van der Waals surface area contributed by atoms with Gasteiger partial charge >= 0.3 is 0 Å². The second-order valence-electron chi connectivity index (χ2n) is 7.25. The first-order chi connectivity index (χ1) is 13.3. The van der Waals surface area contributed by atoms with Crippen molar-refractivity contribution in [1.82, 2.24) is 34.4 Å². The first kappa shape index (κ1) is 16.6. The van der Waals surface area contributed by atoms with Crippen LogP contribution in [0, 0.1) is 0 Å². The van der Waals surface area contributed by atoms with Crippen molar-refractivity contribution in [3.8, 4) is 0 Å². The number of aromatic nitrogens is 6. The molecule has 2 fully saturated rings. The van der Waals surface area contributed by atoms with Gasteiger partial charge in [-0.3, -0.25) is 4.79 Å². The molecule has 1 saturated carbocycles. The number of amides is 1. The molecule has 2 aliphatic rings. The SMILES string of the molecule is O=C(c1ccsc1)N1CCC(c2nnc(Cn3cncn3)n2C2CC2)CC1. The number of hydrogen-bond acceptors (Lipinski definition) is 6. The Morgan fingerprint density at radius 1 is 1.19 bits per heavy atom. The Bertz CT molecular complexity index is 906. The molecule has 0 N–H and O–H groups in total. The summed E-state index contributed by atoms with van der Waals surface area (Å²) < 4.78 is 4.11. The number of hydrogen-bond donors (Lipinski definition) is 0. The van der Waals surface area contributed by atoms with Crippen LogP contribution in [-0.4, -0.2) is 53.4 Å². The van der Waals surface area contributed by atoms with Crippen LogP contribution in [0.2, 0.25) is 0 Å². The number of carbonyl (C=O) groups is 1. The molecule has 0 bridgehead atoms. The molecule has 3 aromatic heterocycles. The molecule has 1 aliphatic heterocycles. The van der Waals surface area contributed by atoms with Crippen LogP contribution in [0.15, 0.2) is 29.5 Å². The third-order valence-electron chi connectivity index (χ3n) is 5.39. The molecule has 4 heterocycles. The van der Waals surface area contributed by atoms with E-state index in [0.717, 1.165) is 43.1 Å². The second kappa shape index (κ2) is 6.88. The number of thiophene rings is 1. The van der Waals surface area contributed by atoms with E-state index in [1.165, 1.54) is 12.8 Å². The Kier molecular flexibility index (Phi) is 4.23. The average molecular weight is 383 g/mol. The van der Waals surface area contributed by atoms with Crippen LogP contribution < -0.4 is 0 Å². The first-order valence-corrected chi connectivity index (χ1v) is 10.3. The molecule has 27 heavy (non-hydrogen) atoms. The molecule has 0 aromatic carbocycles. The van der Waals surface area contributed by atoms with E-state index in [2.05, 4.69) is 24.8 Å². The maximum atomic E-state index is 12.6. The number of carbonyl (C=O) groups excluding carboxylic acids is 1. The van der Waals surface area contributed by atoms with Crippen LogP contribution in [-0.2, 0) is 6.54 Å². The highest BCUT2D eigenvalue weighted by Crippen LogP contribution is 2.40. The molecule has 0 unspecified atom stereocenters. The summed E-state index contributed by atoms with van der Waals surface area (Å²) in [5.74, 6) is 2.53. The van der Waals surface area contributed by atoms with E-state index < -0.39 is 0 Å². The van der Waals surface area contributed by atoms with E-state index in [1.807, 2.05) is 21.7 Å². The zero-order valence-corrected chi connectivity index (χ0v) is 15.8. The Labute approximate surface area is 160 Å². The predicted molar refractivity (Wildman–Crippen MR) is 99.6 cm³/mol. The summed E-state index contributed by atoms with van der Waals surface area (Å²) in [6.07, 6.45) is 7.49. The molecule has 0 spiro atoms. The molecule has 3 aromatic rings. The highest BCUT2D eigenvalue weighted by Gasteiger charge is 2.34. The van der Waals surface area contributed by atoms with Crippen molar-refractivity contribution in [2.24, 2.45) is 0 Å². The number of nitrogens with zero attached hydrogens (tertiary/aromatic N) is 7. The summed E-state index contributed by atoms with van der Waals surface area (Å²) >= 11 is 1.56. The van der Waals surface area contributed by atoms with Gasteiger partial charge < -0.3 is 9.47 Å². The lowest BCUT2D eigenvalue weighted by Crippen LogP contribution is -2.38. The van der Waals surface area contributed by atoms with Crippen molar-refractivity contribution in [1.29, 1.82) is 0 Å². The summed E-state index contributed by atoms with van der Waals surface area (Å²) in [6.45, 7) is 2.14. The van der Waals surface area contributed by atoms with Gasteiger partial charge in [0.25, 0.3) is 5.91 Å². The second-order valence-corrected chi connectivity index (χ2v) is 8.03. The molecule has 9 heteroatoms. The normalized spacial score (nSPS) is 18.1. The van der Waals surface area contributed by atoms with Gasteiger partial charge in [0.2, 0.25) is 0 Å². The smallest absolute Gasteiger partial charge is 0.254 e. The molecule has 1 aliphatic carbocycles. The number of piperidine rings is 1. The molecule has 0 radical (unpaired) electrons. The van der Waals surface area contributed by atoms with Crippen LogP contribution in [0.3, 0.4) is 0 Å². The number of likely N-dealkylation sites (tertiary alicyclic amines) is 1. The molecule has 140 valence electrons. The van der Waals surface area contributed by atoms with E-state index in [-0.39, 0.29) is 5.91 Å². The van der Waals surface area contributed by atoms with Crippen LogP contribution in [0.25, 0.3) is 0 Å². The van der Waals surface area contributed by atoms with Crippen LogP contribution in [0.5, 0.6) is 0 Å². The van der Waals surface area contributed by atoms with Gasteiger partial charge in [-0.15, -0.1) is 10.2 Å². The van der Waals surface area contributed by atoms with Crippen molar-refractivity contribution in [2.45, 2.75) is 44.2 Å². The monoisotopic (exact) mass is 383 g/mol. The average Bonchev–Trinajstić information content (AvgIpc) is 3.12. The lowest BCUT2D eigenvalue weighted by molar-refractivity contribution is 0.0710. The largest absolute Gasteiger partial charge is 0.339 e. The standard InChI is InChI=1S/C18H21N7OS/c26-18(14-5-8-27-10-14)23-6-3-13(4-7-23)17-22-21-16(25(17)15-1-2-15)9-24-12-19-11-20-24/h5,8,10-13,15H,1-4,6-7,9H2. The van der Waals surface area contributed by atoms with Gasteiger partial charge in [0.05, 0.1) is 5.56 Å². The summed E-state index contributed by atoms with van der Waals surface area (Å²) in [5, 5.41) is 17.1. The van der Waals surface area contributed by atoms with Crippen LogP contribution >= 0.6 is 11.3 Å². The predicted octanol–water partition coefficient (Wildman–Crippen LogP) is 2.33. The molecular formula is C18H21N7OS. The van der Waals surface area contributed by atoms with Gasteiger partial charge in [-0.2, -0.15) is 16.4 Å². The summed E-state index contributed by atoms with van der Waals surface area (Å²) in [6, 6.07) is 2.41. The third kappa shape index (κ3) is 3.27. The topological polar surface area (TPSA) is 81.7 Å². The van der Waals surface area contributed by atoms with Gasteiger partial charge in [0.15, 0.2) is 5.82 Å². The van der Waals surface area contributed by atoms with E-state index in [4.69, 9.17) is 0 Å². The fourth-order valence-corrected chi connectivity index (χ4v) is 4.45. The Morgan fingerprint density at radius 2 is 2.04 bits per heavy atom. The van der Waals surface area contributed by atoms with E-state index in [0.29, 0.717) is 18.5 Å². The molecule has 0 atom stereocenters. The van der Waals surface area contributed by atoms with Gasteiger partial charge in [0, 0.05) is 30.4 Å². The highest BCUT2D eigenvalue weighted by molar-refractivity contribution is 7.08. The number of rotatable bonds is 5. The maximum Gasteiger partial charge on any atom is 0.254 e. The molecule has 1 amide bonds. The fourth-order valence-electron chi connectivity index (χ4n) is 3.82. The minimum atomic E-state index is 0.144. The minimum Gasteiger partial charge on any atom is -0.339 e. The first-order valence-electron chi connectivity index (χ1n) is 9.37. The lowest BCUT2D eigenvalue weighted by atomic mass is 9.95.